The topological polar surface area (TPSA) is 70.2 Å². The van der Waals surface area contributed by atoms with Gasteiger partial charge in [0.15, 0.2) is 0 Å². The molecule has 2 amide bonds. The maximum absolute atomic E-state index is 13.0. The zero-order chi connectivity index (χ0) is 17.6. The zero-order valence-electron chi connectivity index (χ0n) is 14.3. The minimum atomic E-state index is -0.254. The molecule has 1 aromatic carbocycles. The molecule has 0 saturated carbocycles. The fourth-order valence-electron chi connectivity index (χ4n) is 3.08. The summed E-state index contributed by atoms with van der Waals surface area (Å²) in [7, 11) is 1.61. The summed E-state index contributed by atoms with van der Waals surface area (Å²) < 4.78 is 18.0. The second kappa shape index (κ2) is 8.11. The van der Waals surface area contributed by atoms with Crippen LogP contribution < -0.4 is 5.32 Å². The van der Waals surface area contributed by atoms with Crippen LogP contribution in [0.25, 0.3) is 11.3 Å². The van der Waals surface area contributed by atoms with Crippen LogP contribution >= 0.6 is 0 Å². The molecule has 2 aromatic rings. The average Bonchev–Trinajstić information content (AvgIpc) is 3.13. The first-order valence-corrected chi connectivity index (χ1v) is 8.50. The van der Waals surface area contributed by atoms with Gasteiger partial charge < -0.3 is 15.0 Å². The van der Waals surface area contributed by atoms with E-state index >= 15 is 0 Å². The standard InChI is InChI=1S/C18H23FN4O2/c1-25-11-8-20-18(24)23-9-6-14(7-10-23)17-12-16(21-22-17)13-2-4-15(19)5-3-13/h2-5,12,14H,6-11H2,1H3,(H,20,24)(H,21,22). The Hall–Kier alpha value is -2.41. The van der Waals surface area contributed by atoms with Crippen LogP contribution in [0.4, 0.5) is 9.18 Å². The molecule has 1 aliphatic heterocycles. The van der Waals surface area contributed by atoms with Crippen molar-refractivity contribution in [2.75, 3.05) is 33.4 Å². The lowest BCUT2D eigenvalue weighted by Gasteiger charge is -2.31. The van der Waals surface area contributed by atoms with Crippen LogP contribution in [0.3, 0.4) is 0 Å². The van der Waals surface area contributed by atoms with Crippen molar-refractivity contribution in [3.05, 3.63) is 41.8 Å². The highest BCUT2D eigenvalue weighted by atomic mass is 19.1. The van der Waals surface area contributed by atoms with E-state index in [4.69, 9.17) is 4.74 Å². The number of aromatic nitrogens is 2. The largest absolute Gasteiger partial charge is 0.383 e. The first kappa shape index (κ1) is 17.4. The predicted octanol–water partition coefficient (Wildman–Crippen LogP) is 2.75. The first-order valence-electron chi connectivity index (χ1n) is 8.50. The third kappa shape index (κ3) is 4.36. The van der Waals surface area contributed by atoms with E-state index in [0.29, 0.717) is 32.2 Å². The van der Waals surface area contributed by atoms with E-state index < -0.39 is 0 Å². The number of carbonyl (C=O) groups excluding carboxylic acids is 1. The van der Waals surface area contributed by atoms with Crippen molar-refractivity contribution in [1.29, 1.82) is 0 Å². The van der Waals surface area contributed by atoms with Gasteiger partial charge in [-0.2, -0.15) is 5.10 Å². The number of hydrogen-bond acceptors (Lipinski definition) is 3. The van der Waals surface area contributed by atoms with E-state index in [1.807, 2.05) is 11.0 Å². The van der Waals surface area contributed by atoms with Gasteiger partial charge in [-0.1, -0.05) is 0 Å². The van der Waals surface area contributed by atoms with Crippen molar-refractivity contribution in [3.8, 4) is 11.3 Å². The van der Waals surface area contributed by atoms with Gasteiger partial charge in [0, 0.05) is 43.9 Å². The molecule has 0 atom stereocenters. The molecule has 134 valence electrons. The number of piperidine rings is 1. The number of nitrogens with zero attached hydrogens (tertiary/aromatic N) is 2. The van der Waals surface area contributed by atoms with E-state index in [2.05, 4.69) is 15.5 Å². The molecule has 1 saturated heterocycles. The van der Waals surface area contributed by atoms with Crippen LogP contribution in [0, 0.1) is 5.82 Å². The Balaban J connectivity index is 1.55. The normalized spacial score (nSPS) is 15.4. The number of carbonyl (C=O) groups is 1. The molecule has 25 heavy (non-hydrogen) atoms. The third-order valence-electron chi connectivity index (χ3n) is 4.54. The van der Waals surface area contributed by atoms with Crippen molar-refractivity contribution >= 4 is 6.03 Å². The summed E-state index contributed by atoms with van der Waals surface area (Å²) in [4.78, 5) is 13.9. The number of aromatic amines is 1. The van der Waals surface area contributed by atoms with E-state index in [0.717, 1.165) is 29.8 Å². The lowest BCUT2D eigenvalue weighted by atomic mass is 9.93. The summed E-state index contributed by atoms with van der Waals surface area (Å²) in [6.07, 6.45) is 1.78. The third-order valence-corrected chi connectivity index (χ3v) is 4.54. The average molecular weight is 346 g/mol. The van der Waals surface area contributed by atoms with Crippen molar-refractivity contribution in [2.45, 2.75) is 18.8 Å². The highest BCUT2D eigenvalue weighted by molar-refractivity contribution is 5.74. The SMILES string of the molecule is COCCNC(=O)N1CCC(c2cc(-c3ccc(F)cc3)n[nH]2)CC1. The second-order valence-electron chi connectivity index (χ2n) is 6.20. The van der Waals surface area contributed by atoms with Gasteiger partial charge in [0.25, 0.3) is 0 Å². The number of H-pyrrole nitrogens is 1. The van der Waals surface area contributed by atoms with Crippen LogP contribution in [0.1, 0.15) is 24.5 Å². The van der Waals surface area contributed by atoms with Gasteiger partial charge in [-0.25, -0.2) is 9.18 Å². The Bertz CT molecular complexity index is 693. The van der Waals surface area contributed by atoms with Gasteiger partial charge in [-0.15, -0.1) is 0 Å². The van der Waals surface area contributed by atoms with Crippen molar-refractivity contribution in [1.82, 2.24) is 20.4 Å². The Morgan fingerprint density at radius 2 is 2.08 bits per heavy atom. The van der Waals surface area contributed by atoms with Gasteiger partial charge in [-0.3, -0.25) is 5.10 Å². The van der Waals surface area contributed by atoms with E-state index in [-0.39, 0.29) is 11.8 Å². The Kier molecular flexibility index (Phi) is 5.65. The van der Waals surface area contributed by atoms with Gasteiger partial charge in [-0.05, 0) is 43.2 Å². The molecule has 0 radical (unpaired) electrons. The summed E-state index contributed by atoms with van der Waals surface area (Å²) in [5.74, 6) is 0.0976. The number of ether oxygens (including phenoxy) is 1. The molecule has 0 spiro atoms. The monoisotopic (exact) mass is 346 g/mol. The summed E-state index contributed by atoms with van der Waals surface area (Å²) >= 11 is 0. The smallest absolute Gasteiger partial charge is 0.317 e. The second-order valence-corrected chi connectivity index (χ2v) is 6.20. The van der Waals surface area contributed by atoms with Crippen molar-refractivity contribution < 1.29 is 13.9 Å². The lowest BCUT2D eigenvalue weighted by molar-refractivity contribution is 0.169. The van der Waals surface area contributed by atoms with Crippen molar-refractivity contribution in [3.63, 3.8) is 0 Å². The van der Waals surface area contributed by atoms with Gasteiger partial charge in [0.2, 0.25) is 0 Å². The number of halogens is 1. The molecule has 0 bridgehead atoms. The van der Waals surface area contributed by atoms with Crippen LogP contribution in [0.2, 0.25) is 0 Å². The fraction of sp³-hybridized carbons (Fsp3) is 0.444. The number of likely N-dealkylation sites (tertiary alicyclic amines) is 1. The molecule has 2 heterocycles. The van der Waals surface area contributed by atoms with E-state index in [1.54, 1.807) is 19.2 Å². The summed E-state index contributed by atoms with van der Waals surface area (Å²) in [5.41, 5.74) is 2.77. The lowest BCUT2D eigenvalue weighted by Crippen LogP contribution is -2.44. The van der Waals surface area contributed by atoms with E-state index in [1.165, 1.54) is 12.1 Å². The minimum absolute atomic E-state index is 0.0351. The van der Waals surface area contributed by atoms with Crippen LogP contribution in [0.15, 0.2) is 30.3 Å². The van der Waals surface area contributed by atoms with Gasteiger partial charge in [0.05, 0.1) is 12.3 Å². The molecular formula is C18H23FN4O2. The molecule has 3 rings (SSSR count). The van der Waals surface area contributed by atoms with Crippen LogP contribution in [-0.2, 0) is 4.74 Å². The molecule has 1 aliphatic rings. The Morgan fingerprint density at radius 3 is 2.76 bits per heavy atom. The van der Waals surface area contributed by atoms with Gasteiger partial charge in [0.1, 0.15) is 5.82 Å². The number of benzene rings is 1. The van der Waals surface area contributed by atoms with Crippen LogP contribution in [-0.4, -0.2) is 54.5 Å². The maximum Gasteiger partial charge on any atom is 0.317 e. The molecule has 0 unspecified atom stereocenters. The van der Waals surface area contributed by atoms with Gasteiger partial charge >= 0.3 is 6.03 Å². The number of urea groups is 1. The highest BCUT2D eigenvalue weighted by Crippen LogP contribution is 2.29. The molecule has 0 aliphatic carbocycles. The van der Waals surface area contributed by atoms with Crippen molar-refractivity contribution in [2.24, 2.45) is 0 Å². The quantitative estimate of drug-likeness (QED) is 0.818. The molecule has 6 nitrogen and oxygen atoms in total. The minimum Gasteiger partial charge on any atom is -0.383 e. The summed E-state index contributed by atoms with van der Waals surface area (Å²) in [6.45, 7) is 2.47. The molecule has 1 aromatic heterocycles. The molecule has 2 N–H and O–H groups in total. The number of rotatable bonds is 5. The number of hydrogen-bond donors (Lipinski definition) is 2. The highest BCUT2D eigenvalue weighted by Gasteiger charge is 2.25. The maximum atomic E-state index is 13.0. The summed E-state index contributed by atoms with van der Waals surface area (Å²) in [6, 6.07) is 8.30. The first-order chi connectivity index (χ1) is 12.2. The number of methoxy groups -OCH3 is 1. The number of amides is 2. The summed E-state index contributed by atoms with van der Waals surface area (Å²) in [5, 5.41) is 10.3. The molecular weight excluding hydrogens is 323 g/mol. The zero-order valence-corrected chi connectivity index (χ0v) is 14.3. The number of nitrogens with one attached hydrogen (secondary N) is 2. The Morgan fingerprint density at radius 1 is 1.36 bits per heavy atom. The Labute approximate surface area is 146 Å². The van der Waals surface area contributed by atoms with Crippen LogP contribution in [0.5, 0.6) is 0 Å². The van der Waals surface area contributed by atoms with E-state index in [9.17, 15) is 9.18 Å². The molecule has 1 fully saturated rings. The predicted molar refractivity (Wildman–Crippen MR) is 92.8 cm³/mol. The molecule has 7 heteroatoms. The fourth-order valence-corrected chi connectivity index (χ4v) is 3.08.